The fourth-order valence-electron chi connectivity index (χ4n) is 2.55. The first kappa shape index (κ1) is 15.2. The maximum Gasteiger partial charge on any atom is 0.180 e. The Kier molecular flexibility index (Phi) is 4.29. The van der Waals surface area contributed by atoms with Gasteiger partial charge in [0, 0.05) is 6.54 Å². The van der Waals surface area contributed by atoms with Gasteiger partial charge in [0.1, 0.15) is 0 Å². The van der Waals surface area contributed by atoms with E-state index in [1.54, 1.807) is 24.3 Å². The monoisotopic (exact) mass is 317 g/mol. The van der Waals surface area contributed by atoms with Crippen LogP contribution in [0.15, 0.2) is 65.6 Å². The first-order chi connectivity index (χ1) is 10.6. The molecule has 0 bridgehead atoms. The largest absolute Gasteiger partial charge is 0.377 e. The Morgan fingerprint density at radius 1 is 0.955 bits per heavy atom. The standard InChI is InChI=1S/C17H19NO3S/c19-22(20,16-9-5-2-6-10-16)14-17(12-21-13-17)18-11-15-7-3-1-4-8-15/h1-10,18H,11-14H2. The molecule has 0 unspecified atom stereocenters. The molecular weight excluding hydrogens is 298 g/mol. The molecule has 0 aliphatic carbocycles. The van der Waals surface area contributed by atoms with E-state index in [0.717, 1.165) is 5.56 Å². The molecule has 3 rings (SSSR count). The smallest absolute Gasteiger partial charge is 0.180 e. The van der Waals surface area contributed by atoms with E-state index in [0.29, 0.717) is 24.7 Å². The van der Waals surface area contributed by atoms with Crippen molar-refractivity contribution in [3.8, 4) is 0 Å². The molecule has 0 spiro atoms. The highest BCUT2D eigenvalue weighted by molar-refractivity contribution is 7.91. The molecule has 1 heterocycles. The SMILES string of the molecule is O=S(=O)(CC1(NCc2ccccc2)COC1)c1ccccc1. The van der Waals surface area contributed by atoms with Crippen molar-refractivity contribution in [3.63, 3.8) is 0 Å². The van der Waals surface area contributed by atoms with E-state index in [-0.39, 0.29) is 5.75 Å². The average Bonchev–Trinajstić information content (AvgIpc) is 2.52. The van der Waals surface area contributed by atoms with Gasteiger partial charge in [-0.25, -0.2) is 8.42 Å². The van der Waals surface area contributed by atoms with Crippen LogP contribution in [0.2, 0.25) is 0 Å². The minimum Gasteiger partial charge on any atom is -0.377 e. The Labute approximate surface area is 131 Å². The molecule has 0 aromatic heterocycles. The van der Waals surface area contributed by atoms with Gasteiger partial charge < -0.3 is 10.1 Å². The number of rotatable bonds is 6. The van der Waals surface area contributed by atoms with E-state index < -0.39 is 15.4 Å². The zero-order valence-electron chi connectivity index (χ0n) is 12.2. The molecule has 2 aromatic carbocycles. The molecule has 0 atom stereocenters. The number of benzene rings is 2. The zero-order valence-corrected chi connectivity index (χ0v) is 13.1. The lowest BCUT2D eigenvalue weighted by Gasteiger charge is -2.42. The highest BCUT2D eigenvalue weighted by atomic mass is 32.2. The molecule has 4 nitrogen and oxygen atoms in total. The first-order valence-corrected chi connectivity index (χ1v) is 8.89. The Morgan fingerprint density at radius 2 is 1.55 bits per heavy atom. The summed E-state index contributed by atoms with van der Waals surface area (Å²) in [5, 5.41) is 3.37. The van der Waals surface area contributed by atoms with Gasteiger partial charge in [0.05, 0.1) is 29.4 Å². The van der Waals surface area contributed by atoms with Crippen molar-refractivity contribution in [3.05, 3.63) is 66.2 Å². The quantitative estimate of drug-likeness (QED) is 0.885. The summed E-state index contributed by atoms with van der Waals surface area (Å²) >= 11 is 0. The lowest BCUT2D eigenvalue weighted by Crippen LogP contribution is -2.63. The Morgan fingerprint density at radius 3 is 2.09 bits per heavy atom. The fourth-order valence-corrected chi connectivity index (χ4v) is 4.28. The van der Waals surface area contributed by atoms with Crippen molar-refractivity contribution in [1.29, 1.82) is 0 Å². The fraction of sp³-hybridized carbons (Fsp3) is 0.294. The summed E-state index contributed by atoms with van der Waals surface area (Å²) in [5.41, 5.74) is 0.635. The maximum atomic E-state index is 12.6. The van der Waals surface area contributed by atoms with Gasteiger partial charge in [0.15, 0.2) is 9.84 Å². The molecule has 5 heteroatoms. The molecule has 0 radical (unpaired) electrons. The summed E-state index contributed by atoms with van der Waals surface area (Å²) in [7, 11) is -3.33. The highest BCUT2D eigenvalue weighted by Gasteiger charge is 2.42. The molecule has 1 fully saturated rings. The minimum absolute atomic E-state index is 0.0524. The van der Waals surface area contributed by atoms with Crippen molar-refractivity contribution >= 4 is 9.84 Å². The summed E-state index contributed by atoms with van der Waals surface area (Å²) in [6.07, 6.45) is 0. The van der Waals surface area contributed by atoms with Crippen LogP contribution in [0.5, 0.6) is 0 Å². The molecule has 1 N–H and O–H groups in total. The first-order valence-electron chi connectivity index (χ1n) is 7.24. The van der Waals surface area contributed by atoms with Crippen LogP contribution in [0.3, 0.4) is 0 Å². The van der Waals surface area contributed by atoms with Crippen molar-refractivity contribution in [1.82, 2.24) is 5.32 Å². The van der Waals surface area contributed by atoms with E-state index in [9.17, 15) is 8.42 Å². The lowest BCUT2D eigenvalue weighted by atomic mass is 10.00. The van der Waals surface area contributed by atoms with Crippen molar-refractivity contribution in [2.75, 3.05) is 19.0 Å². The van der Waals surface area contributed by atoms with Gasteiger partial charge in [-0.2, -0.15) is 0 Å². The maximum absolute atomic E-state index is 12.6. The van der Waals surface area contributed by atoms with Gasteiger partial charge in [0.2, 0.25) is 0 Å². The van der Waals surface area contributed by atoms with Crippen LogP contribution in [0.4, 0.5) is 0 Å². The third-order valence-electron chi connectivity index (χ3n) is 3.84. The van der Waals surface area contributed by atoms with E-state index >= 15 is 0 Å². The summed E-state index contributed by atoms with van der Waals surface area (Å²) in [6, 6.07) is 18.5. The number of ether oxygens (including phenoxy) is 1. The molecule has 1 aliphatic heterocycles. The number of hydrogen-bond donors (Lipinski definition) is 1. The van der Waals surface area contributed by atoms with Crippen molar-refractivity contribution < 1.29 is 13.2 Å². The second kappa shape index (κ2) is 6.20. The van der Waals surface area contributed by atoms with Gasteiger partial charge in [0.25, 0.3) is 0 Å². The zero-order chi connectivity index (χ0) is 15.5. The topological polar surface area (TPSA) is 55.4 Å². The van der Waals surface area contributed by atoms with Crippen LogP contribution in [0, 0.1) is 0 Å². The van der Waals surface area contributed by atoms with Crippen LogP contribution in [0.1, 0.15) is 5.56 Å². The molecular formula is C17H19NO3S. The summed E-state index contributed by atoms with van der Waals surface area (Å²) in [5.74, 6) is 0.0524. The van der Waals surface area contributed by atoms with Gasteiger partial charge in [-0.1, -0.05) is 48.5 Å². The third kappa shape index (κ3) is 3.38. The molecule has 22 heavy (non-hydrogen) atoms. The van der Waals surface area contributed by atoms with E-state index in [4.69, 9.17) is 4.74 Å². The van der Waals surface area contributed by atoms with Gasteiger partial charge in [-0.05, 0) is 17.7 Å². The molecule has 116 valence electrons. The second-order valence-corrected chi connectivity index (χ2v) is 7.67. The van der Waals surface area contributed by atoms with Crippen molar-refractivity contribution in [2.45, 2.75) is 17.0 Å². The summed E-state index contributed by atoms with van der Waals surface area (Å²) in [6.45, 7) is 1.48. The predicted molar refractivity (Wildman–Crippen MR) is 85.3 cm³/mol. The van der Waals surface area contributed by atoms with Crippen molar-refractivity contribution in [2.24, 2.45) is 0 Å². The Balaban J connectivity index is 1.71. The van der Waals surface area contributed by atoms with Gasteiger partial charge in [-0.15, -0.1) is 0 Å². The van der Waals surface area contributed by atoms with Gasteiger partial charge >= 0.3 is 0 Å². The second-order valence-electron chi connectivity index (χ2n) is 5.68. The summed E-state index contributed by atoms with van der Waals surface area (Å²) in [4.78, 5) is 0.364. The molecule has 2 aromatic rings. The average molecular weight is 317 g/mol. The summed E-state index contributed by atoms with van der Waals surface area (Å²) < 4.78 is 30.4. The molecule has 1 aliphatic rings. The van der Waals surface area contributed by atoms with Crippen LogP contribution < -0.4 is 5.32 Å². The normalized spacial score (nSPS) is 16.9. The predicted octanol–water partition coefficient (Wildman–Crippen LogP) is 2.02. The molecule has 0 saturated carbocycles. The van der Waals surface area contributed by atoms with Gasteiger partial charge in [-0.3, -0.25) is 0 Å². The van der Waals surface area contributed by atoms with Crippen LogP contribution in [-0.2, 0) is 21.1 Å². The number of sulfone groups is 1. The van der Waals surface area contributed by atoms with Crippen LogP contribution in [0.25, 0.3) is 0 Å². The van der Waals surface area contributed by atoms with E-state index in [1.807, 2.05) is 36.4 Å². The Hall–Kier alpha value is -1.69. The minimum atomic E-state index is -3.33. The van der Waals surface area contributed by atoms with E-state index in [1.165, 1.54) is 0 Å². The highest BCUT2D eigenvalue weighted by Crippen LogP contribution is 2.23. The number of nitrogens with one attached hydrogen (secondary N) is 1. The molecule has 0 amide bonds. The van der Waals surface area contributed by atoms with Crippen LogP contribution in [-0.4, -0.2) is 32.9 Å². The Bertz CT molecular complexity index is 710. The number of hydrogen-bond acceptors (Lipinski definition) is 4. The lowest BCUT2D eigenvalue weighted by molar-refractivity contribution is -0.0630. The molecule has 1 saturated heterocycles. The van der Waals surface area contributed by atoms with E-state index in [2.05, 4.69) is 5.32 Å². The van der Waals surface area contributed by atoms with Crippen LogP contribution >= 0.6 is 0 Å². The third-order valence-corrected chi connectivity index (χ3v) is 5.76.